The van der Waals surface area contributed by atoms with Crippen LogP contribution < -0.4 is 5.32 Å². The highest BCUT2D eigenvalue weighted by atomic mass is 79.9. The van der Waals surface area contributed by atoms with Crippen molar-refractivity contribution in [1.82, 2.24) is 10.2 Å². The van der Waals surface area contributed by atoms with Crippen LogP contribution in [-0.4, -0.2) is 31.6 Å². The van der Waals surface area contributed by atoms with Gasteiger partial charge in [0.1, 0.15) is 0 Å². The summed E-state index contributed by atoms with van der Waals surface area (Å²) in [5.41, 5.74) is 2.72. The van der Waals surface area contributed by atoms with Gasteiger partial charge in [-0.3, -0.25) is 4.90 Å². The van der Waals surface area contributed by atoms with Crippen LogP contribution in [0.25, 0.3) is 0 Å². The van der Waals surface area contributed by atoms with E-state index in [0.29, 0.717) is 6.04 Å². The third-order valence-corrected chi connectivity index (χ3v) is 3.74. The van der Waals surface area contributed by atoms with E-state index < -0.39 is 0 Å². The normalized spacial score (nSPS) is 23.0. The molecule has 2 nitrogen and oxygen atoms in total. The van der Waals surface area contributed by atoms with Gasteiger partial charge in [-0.1, -0.05) is 33.6 Å². The average molecular weight is 269 g/mol. The van der Waals surface area contributed by atoms with Gasteiger partial charge < -0.3 is 5.32 Å². The first-order chi connectivity index (χ1) is 7.18. The van der Waals surface area contributed by atoms with Gasteiger partial charge in [0.25, 0.3) is 0 Å². The topological polar surface area (TPSA) is 15.3 Å². The maximum absolute atomic E-state index is 3.64. The highest BCUT2D eigenvalue weighted by Gasteiger charge is 2.21. The lowest BCUT2D eigenvalue weighted by Crippen LogP contribution is -2.43. The predicted molar refractivity (Wildman–Crippen MR) is 67.1 cm³/mol. The zero-order chi connectivity index (χ0) is 10.8. The SMILES string of the molecule is Cc1ccc(Br)c(C2CNCCN2C)c1. The van der Waals surface area contributed by atoms with Crippen molar-refractivity contribution < 1.29 is 0 Å². The predicted octanol–water partition coefficient (Wildman–Crippen LogP) is 2.33. The molecule has 0 amide bonds. The molecule has 1 saturated heterocycles. The maximum atomic E-state index is 3.64. The number of likely N-dealkylation sites (N-methyl/N-ethyl adjacent to an activating group) is 1. The van der Waals surface area contributed by atoms with Crippen molar-refractivity contribution >= 4 is 15.9 Å². The van der Waals surface area contributed by atoms with Gasteiger partial charge in [0, 0.05) is 30.1 Å². The third-order valence-electron chi connectivity index (χ3n) is 3.02. The minimum atomic E-state index is 0.494. The summed E-state index contributed by atoms with van der Waals surface area (Å²) in [5.74, 6) is 0. The largest absolute Gasteiger partial charge is 0.314 e. The highest BCUT2D eigenvalue weighted by molar-refractivity contribution is 9.10. The van der Waals surface area contributed by atoms with E-state index in [0.717, 1.165) is 19.6 Å². The first-order valence-corrected chi connectivity index (χ1v) is 6.15. The summed E-state index contributed by atoms with van der Waals surface area (Å²) < 4.78 is 1.22. The number of benzene rings is 1. The van der Waals surface area contributed by atoms with Gasteiger partial charge in [-0.2, -0.15) is 0 Å². The van der Waals surface area contributed by atoms with Crippen molar-refractivity contribution in [1.29, 1.82) is 0 Å². The van der Waals surface area contributed by atoms with Gasteiger partial charge >= 0.3 is 0 Å². The lowest BCUT2D eigenvalue weighted by atomic mass is 10.0. The first-order valence-electron chi connectivity index (χ1n) is 5.35. The van der Waals surface area contributed by atoms with Gasteiger partial charge in [0.2, 0.25) is 0 Å². The zero-order valence-electron chi connectivity index (χ0n) is 9.26. The summed E-state index contributed by atoms with van der Waals surface area (Å²) in [6.45, 7) is 5.40. The maximum Gasteiger partial charge on any atom is 0.0481 e. The molecular weight excluding hydrogens is 252 g/mol. The Balaban J connectivity index is 2.30. The second-order valence-electron chi connectivity index (χ2n) is 4.23. The molecule has 15 heavy (non-hydrogen) atoms. The first kappa shape index (κ1) is 11.1. The van der Waals surface area contributed by atoms with Crippen LogP contribution in [0.15, 0.2) is 22.7 Å². The molecule has 1 unspecified atom stereocenters. The molecule has 2 rings (SSSR count). The zero-order valence-corrected chi connectivity index (χ0v) is 10.8. The van der Waals surface area contributed by atoms with Crippen molar-refractivity contribution in [2.75, 3.05) is 26.7 Å². The Bertz CT molecular complexity index is 351. The quantitative estimate of drug-likeness (QED) is 0.841. The van der Waals surface area contributed by atoms with Crippen LogP contribution in [-0.2, 0) is 0 Å². The summed E-state index contributed by atoms with van der Waals surface area (Å²) in [6, 6.07) is 7.06. The van der Waals surface area contributed by atoms with Crippen LogP contribution in [0, 0.1) is 6.92 Å². The summed E-state index contributed by atoms with van der Waals surface area (Å²) in [6.07, 6.45) is 0. The smallest absolute Gasteiger partial charge is 0.0481 e. The van der Waals surface area contributed by atoms with E-state index in [4.69, 9.17) is 0 Å². The van der Waals surface area contributed by atoms with Crippen molar-refractivity contribution in [3.63, 3.8) is 0 Å². The van der Waals surface area contributed by atoms with Gasteiger partial charge in [0.05, 0.1) is 0 Å². The Labute approximate surface area is 99.8 Å². The van der Waals surface area contributed by atoms with Crippen LogP contribution in [0.3, 0.4) is 0 Å². The third kappa shape index (κ3) is 2.41. The van der Waals surface area contributed by atoms with Crippen LogP contribution in [0.4, 0.5) is 0 Å². The second kappa shape index (κ2) is 4.64. The number of halogens is 1. The van der Waals surface area contributed by atoms with Crippen LogP contribution in [0.1, 0.15) is 17.2 Å². The lowest BCUT2D eigenvalue weighted by Gasteiger charge is -2.34. The summed E-state index contributed by atoms with van der Waals surface area (Å²) in [4.78, 5) is 2.41. The van der Waals surface area contributed by atoms with Gasteiger partial charge in [-0.05, 0) is 25.6 Å². The molecule has 1 aliphatic rings. The van der Waals surface area contributed by atoms with Crippen LogP contribution >= 0.6 is 15.9 Å². The molecule has 1 fully saturated rings. The summed E-state index contributed by atoms with van der Waals surface area (Å²) in [7, 11) is 2.19. The molecule has 1 aliphatic heterocycles. The summed E-state index contributed by atoms with van der Waals surface area (Å²) in [5, 5.41) is 3.45. The van der Waals surface area contributed by atoms with Crippen LogP contribution in [0.2, 0.25) is 0 Å². The monoisotopic (exact) mass is 268 g/mol. The molecule has 1 aromatic rings. The molecule has 0 aromatic heterocycles. The molecule has 0 saturated carbocycles. The Hall–Kier alpha value is -0.380. The molecule has 1 heterocycles. The van der Waals surface area contributed by atoms with Gasteiger partial charge in [-0.25, -0.2) is 0 Å². The molecule has 0 bridgehead atoms. The number of hydrogen-bond donors (Lipinski definition) is 1. The second-order valence-corrected chi connectivity index (χ2v) is 5.08. The van der Waals surface area contributed by atoms with Crippen molar-refractivity contribution in [2.24, 2.45) is 0 Å². The Morgan fingerprint density at radius 1 is 1.47 bits per heavy atom. The molecule has 1 atom stereocenters. The van der Waals surface area contributed by atoms with E-state index in [1.807, 2.05) is 0 Å². The Morgan fingerprint density at radius 2 is 2.27 bits per heavy atom. The van der Waals surface area contributed by atoms with E-state index in [9.17, 15) is 0 Å². The molecule has 0 spiro atoms. The fourth-order valence-electron chi connectivity index (χ4n) is 2.07. The van der Waals surface area contributed by atoms with E-state index in [-0.39, 0.29) is 0 Å². The van der Waals surface area contributed by atoms with Crippen molar-refractivity contribution in [2.45, 2.75) is 13.0 Å². The Kier molecular flexibility index (Phi) is 3.44. The molecule has 0 radical (unpaired) electrons. The number of piperazine rings is 1. The number of nitrogens with one attached hydrogen (secondary N) is 1. The fraction of sp³-hybridized carbons (Fsp3) is 0.500. The molecule has 1 aromatic carbocycles. The van der Waals surface area contributed by atoms with E-state index in [1.165, 1.54) is 15.6 Å². The van der Waals surface area contributed by atoms with Gasteiger partial charge in [-0.15, -0.1) is 0 Å². The Morgan fingerprint density at radius 3 is 3.00 bits per heavy atom. The average Bonchev–Trinajstić information content (AvgIpc) is 2.23. The standard InChI is InChI=1S/C12H17BrN2/c1-9-3-4-11(13)10(7-9)12-8-14-5-6-15(12)2/h3-4,7,12,14H,5-6,8H2,1-2H3. The van der Waals surface area contributed by atoms with Crippen molar-refractivity contribution in [3.05, 3.63) is 33.8 Å². The minimum Gasteiger partial charge on any atom is -0.314 e. The van der Waals surface area contributed by atoms with E-state index >= 15 is 0 Å². The molecule has 82 valence electrons. The summed E-state index contributed by atoms with van der Waals surface area (Å²) >= 11 is 3.64. The van der Waals surface area contributed by atoms with E-state index in [1.54, 1.807) is 0 Å². The fourth-order valence-corrected chi connectivity index (χ4v) is 2.58. The molecule has 1 N–H and O–H groups in total. The number of hydrogen-bond acceptors (Lipinski definition) is 2. The number of aryl methyl sites for hydroxylation is 1. The molecule has 0 aliphatic carbocycles. The van der Waals surface area contributed by atoms with E-state index in [2.05, 4.69) is 58.3 Å². The molecular formula is C12H17BrN2. The number of nitrogens with zero attached hydrogens (tertiary/aromatic N) is 1. The van der Waals surface area contributed by atoms with Crippen LogP contribution in [0.5, 0.6) is 0 Å². The highest BCUT2D eigenvalue weighted by Crippen LogP contribution is 2.28. The lowest BCUT2D eigenvalue weighted by molar-refractivity contribution is 0.201. The van der Waals surface area contributed by atoms with Gasteiger partial charge in [0.15, 0.2) is 0 Å². The van der Waals surface area contributed by atoms with Crippen molar-refractivity contribution in [3.8, 4) is 0 Å². The minimum absolute atomic E-state index is 0.494. The molecule has 3 heteroatoms. The number of rotatable bonds is 1.